The first-order valence-electron chi connectivity index (χ1n) is 11.1. The topological polar surface area (TPSA) is 113 Å². The van der Waals surface area contributed by atoms with Crippen molar-refractivity contribution in [2.75, 3.05) is 64.1 Å². The lowest BCUT2D eigenvalue weighted by Gasteiger charge is -2.20. The molecule has 188 valence electrons. The molecule has 2 aromatic heterocycles. The summed E-state index contributed by atoms with van der Waals surface area (Å²) in [6.45, 7) is 3.23. The van der Waals surface area contributed by atoms with Crippen molar-refractivity contribution in [2.24, 2.45) is 0 Å². The first-order valence-corrected chi connectivity index (χ1v) is 11.1. The van der Waals surface area contributed by atoms with E-state index in [0.717, 1.165) is 25.6 Å². The van der Waals surface area contributed by atoms with Crippen molar-refractivity contribution in [1.82, 2.24) is 34.8 Å². The second-order valence-corrected chi connectivity index (χ2v) is 8.13. The van der Waals surface area contributed by atoms with Gasteiger partial charge in [-0.3, -0.25) is 4.79 Å². The normalized spacial score (nSPS) is 15.0. The highest BCUT2D eigenvalue weighted by molar-refractivity contribution is 5.77. The molecule has 34 heavy (non-hydrogen) atoms. The lowest BCUT2D eigenvalue weighted by molar-refractivity contribution is -0.137. The minimum absolute atomic E-state index is 0.0318. The second kappa shape index (κ2) is 11.9. The Balaban J connectivity index is 1.60. The van der Waals surface area contributed by atoms with E-state index in [1.54, 1.807) is 4.90 Å². The Labute approximate surface area is 195 Å². The zero-order chi connectivity index (χ0) is 24.6. The molecule has 14 heteroatoms. The van der Waals surface area contributed by atoms with Gasteiger partial charge in [0.05, 0.1) is 12.7 Å². The van der Waals surface area contributed by atoms with Crippen LogP contribution in [0, 0.1) is 0 Å². The molecule has 0 saturated carbocycles. The number of halogens is 3. The van der Waals surface area contributed by atoms with Crippen molar-refractivity contribution in [3.63, 3.8) is 0 Å². The lowest BCUT2D eigenvalue weighted by Crippen LogP contribution is -2.34. The number of nitrogens with zero attached hydrogens (tertiary/aromatic N) is 7. The van der Waals surface area contributed by atoms with Crippen LogP contribution in [-0.4, -0.2) is 94.2 Å². The first-order chi connectivity index (χ1) is 16.2. The Morgan fingerprint density at radius 1 is 1.21 bits per heavy atom. The molecule has 0 aliphatic carbocycles. The predicted molar refractivity (Wildman–Crippen MR) is 119 cm³/mol. The van der Waals surface area contributed by atoms with Gasteiger partial charge in [0.15, 0.2) is 5.82 Å². The van der Waals surface area contributed by atoms with Crippen LogP contribution in [0.1, 0.15) is 24.8 Å². The zero-order valence-electron chi connectivity index (χ0n) is 19.3. The maximum absolute atomic E-state index is 13.4. The summed E-state index contributed by atoms with van der Waals surface area (Å²) in [6, 6.07) is 0. The molecule has 0 atom stereocenters. The number of nitrogens with one attached hydrogen (secondary N) is 2. The molecule has 3 heterocycles. The standard InChI is InChI=1S/C20H30F3N9O2/c1-30(2)7-4-10-32-26-13-16(29-32)27-19-25-12-15(20(21,22)23)18(28-19)24-6-3-8-31-9-5-11-34-14-17(31)33/h12-13H,3-11,14H2,1-2H3,(H2,24,25,27,28,29). The van der Waals surface area contributed by atoms with Gasteiger partial charge in [-0.15, -0.1) is 5.10 Å². The van der Waals surface area contributed by atoms with E-state index in [0.29, 0.717) is 38.5 Å². The molecule has 11 nitrogen and oxygen atoms in total. The Bertz CT molecular complexity index is 936. The van der Waals surface area contributed by atoms with Crippen LogP contribution in [0.25, 0.3) is 0 Å². The van der Waals surface area contributed by atoms with Gasteiger partial charge >= 0.3 is 6.18 Å². The zero-order valence-corrected chi connectivity index (χ0v) is 19.3. The van der Waals surface area contributed by atoms with E-state index in [1.165, 1.54) is 11.0 Å². The van der Waals surface area contributed by atoms with Crippen LogP contribution in [-0.2, 0) is 22.3 Å². The fraction of sp³-hybridized carbons (Fsp3) is 0.650. The third-order valence-corrected chi connectivity index (χ3v) is 5.03. The second-order valence-electron chi connectivity index (χ2n) is 8.13. The highest BCUT2D eigenvalue weighted by Crippen LogP contribution is 2.34. The monoisotopic (exact) mass is 485 g/mol. The molecule has 0 radical (unpaired) electrons. The van der Waals surface area contributed by atoms with Gasteiger partial charge in [0.25, 0.3) is 0 Å². The van der Waals surface area contributed by atoms with Gasteiger partial charge in [0.1, 0.15) is 18.0 Å². The smallest absolute Gasteiger partial charge is 0.372 e. The highest BCUT2D eigenvalue weighted by atomic mass is 19.4. The van der Waals surface area contributed by atoms with Crippen molar-refractivity contribution in [2.45, 2.75) is 32.0 Å². The highest BCUT2D eigenvalue weighted by Gasteiger charge is 2.35. The number of ether oxygens (including phenoxy) is 1. The summed E-state index contributed by atoms with van der Waals surface area (Å²) in [5.74, 6) is -0.154. The quantitative estimate of drug-likeness (QED) is 0.460. The van der Waals surface area contributed by atoms with Crippen LogP contribution < -0.4 is 10.6 Å². The van der Waals surface area contributed by atoms with Crippen LogP contribution >= 0.6 is 0 Å². The van der Waals surface area contributed by atoms with Crippen molar-refractivity contribution < 1.29 is 22.7 Å². The number of anilines is 3. The number of hydrogen-bond donors (Lipinski definition) is 2. The van der Waals surface area contributed by atoms with Crippen LogP contribution in [0.4, 0.5) is 30.8 Å². The molecule has 1 aliphatic rings. The Morgan fingerprint density at radius 3 is 2.79 bits per heavy atom. The molecular formula is C20H30F3N9O2. The maximum atomic E-state index is 13.4. The van der Waals surface area contributed by atoms with E-state index >= 15 is 0 Å². The number of carbonyl (C=O) groups is 1. The SMILES string of the molecule is CN(C)CCCn1ncc(Nc2ncc(C(F)(F)F)c(NCCCN3CCCOCC3=O)n2)n1. The summed E-state index contributed by atoms with van der Waals surface area (Å²) >= 11 is 0. The van der Waals surface area contributed by atoms with Crippen molar-refractivity contribution >= 4 is 23.5 Å². The van der Waals surface area contributed by atoms with Gasteiger partial charge in [-0.25, -0.2) is 4.98 Å². The van der Waals surface area contributed by atoms with Crippen LogP contribution in [0.3, 0.4) is 0 Å². The number of alkyl halides is 3. The van der Waals surface area contributed by atoms with E-state index < -0.39 is 11.7 Å². The molecule has 2 aromatic rings. The van der Waals surface area contributed by atoms with Gasteiger partial charge in [0, 0.05) is 32.4 Å². The largest absolute Gasteiger partial charge is 0.421 e. The average molecular weight is 486 g/mol. The van der Waals surface area contributed by atoms with Crippen LogP contribution in [0.5, 0.6) is 0 Å². The summed E-state index contributed by atoms with van der Waals surface area (Å²) in [6.07, 6.45) is -0.382. The van der Waals surface area contributed by atoms with Crippen LogP contribution in [0.2, 0.25) is 0 Å². The molecule has 0 spiro atoms. The Kier molecular flexibility index (Phi) is 8.98. The maximum Gasteiger partial charge on any atom is 0.421 e. The predicted octanol–water partition coefficient (Wildman–Crippen LogP) is 1.83. The molecule has 1 amide bonds. The van der Waals surface area contributed by atoms with Crippen molar-refractivity contribution in [3.05, 3.63) is 18.0 Å². The van der Waals surface area contributed by atoms with E-state index in [1.807, 2.05) is 19.0 Å². The number of aryl methyl sites for hydroxylation is 1. The lowest BCUT2D eigenvalue weighted by atomic mass is 10.3. The summed E-state index contributed by atoms with van der Waals surface area (Å²) in [7, 11) is 3.95. The minimum Gasteiger partial charge on any atom is -0.372 e. The van der Waals surface area contributed by atoms with Gasteiger partial charge in [-0.1, -0.05) is 0 Å². The Hall–Kier alpha value is -3.00. The number of carbonyl (C=O) groups excluding carboxylic acids is 1. The first kappa shape index (κ1) is 25.6. The van der Waals surface area contributed by atoms with Gasteiger partial charge in [-0.2, -0.15) is 28.1 Å². The fourth-order valence-corrected chi connectivity index (χ4v) is 3.34. The van der Waals surface area contributed by atoms with E-state index in [9.17, 15) is 18.0 Å². The summed E-state index contributed by atoms with van der Waals surface area (Å²) < 4.78 is 45.5. The van der Waals surface area contributed by atoms with E-state index in [4.69, 9.17) is 4.74 Å². The molecule has 3 rings (SSSR count). The third-order valence-electron chi connectivity index (χ3n) is 5.03. The molecule has 2 N–H and O–H groups in total. The van der Waals surface area contributed by atoms with E-state index in [2.05, 4.69) is 30.8 Å². The van der Waals surface area contributed by atoms with Crippen molar-refractivity contribution in [3.8, 4) is 0 Å². The summed E-state index contributed by atoms with van der Waals surface area (Å²) in [5, 5.41) is 13.9. The average Bonchev–Trinajstić information content (AvgIpc) is 3.10. The number of aromatic nitrogens is 5. The molecule has 1 aliphatic heterocycles. The molecule has 0 bridgehead atoms. The minimum atomic E-state index is -4.62. The summed E-state index contributed by atoms with van der Waals surface area (Å²) in [4.78, 5) is 25.0. The molecule has 0 unspecified atom stereocenters. The molecule has 1 saturated heterocycles. The van der Waals surface area contributed by atoms with Gasteiger partial charge in [0.2, 0.25) is 11.9 Å². The molecule has 1 fully saturated rings. The molecular weight excluding hydrogens is 455 g/mol. The fourth-order valence-electron chi connectivity index (χ4n) is 3.34. The third kappa shape index (κ3) is 7.80. The summed E-state index contributed by atoms with van der Waals surface area (Å²) in [5.41, 5.74) is -0.968. The van der Waals surface area contributed by atoms with Crippen LogP contribution in [0.15, 0.2) is 12.4 Å². The number of hydrogen-bond acceptors (Lipinski definition) is 9. The number of rotatable bonds is 11. The number of amides is 1. The molecule has 0 aromatic carbocycles. The Morgan fingerprint density at radius 2 is 2.03 bits per heavy atom. The van der Waals surface area contributed by atoms with Gasteiger partial charge in [-0.05, 0) is 39.9 Å². The van der Waals surface area contributed by atoms with E-state index in [-0.39, 0.29) is 30.8 Å². The van der Waals surface area contributed by atoms with Gasteiger partial charge < -0.3 is 25.2 Å². The van der Waals surface area contributed by atoms with Crippen molar-refractivity contribution in [1.29, 1.82) is 0 Å².